The summed E-state index contributed by atoms with van der Waals surface area (Å²) in [4.78, 5) is 11.9. The molecule has 0 aromatic heterocycles. The quantitative estimate of drug-likeness (QED) is 0.878. The molecule has 5 nitrogen and oxygen atoms in total. The number of nitrogens with one attached hydrogen (secondary N) is 2. The Morgan fingerprint density at radius 1 is 1.32 bits per heavy atom. The Hall–Kier alpha value is -1.75. The summed E-state index contributed by atoms with van der Waals surface area (Å²) in [6, 6.07) is 8.04. The van der Waals surface area contributed by atoms with Crippen LogP contribution in [0, 0.1) is 0 Å². The molecule has 1 fully saturated rings. The van der Waals surface area contributed by atoms with Crippen molar-refractivity contribution in [3.05, 3.63) is 29.8 Å². The lowest BCUT2D eigenvalue weighted by molar-refractivity contribution is 0.0498. The maximum absolute atomic E-state index is 11.9. The maximum Gasteiger partial charge on any atom is 0.315 e. The van der Waals surface area contributed by atoms with Crippen LogP contribution in [0.1, 0.15) is 32.3 Å². The molecule has 22 heavy (non-hydrogen) atoms. The monoisotopic (exact) mass is 306 g/mol. The van der Waals surface area contributed by atoms with Gasteiger partial charge in [-0.3, -0.25) is 0 Å². The number of benzene rings is 1. The third-order valence-corrected chi connectivity index (χ3v) is 4.14. The molecule has 2 N–H and O–H groups in total. The van der Waals surface area contributed by atoms with E-state index in [1.807, 2.05) is 32.0 Å². The molecule has 1 saturated heterocycles. The van der Waals surface area contributed by atoms with E-state index in [-0.39, 0.29) is 17.5 Å². The van der Waals surface area contributed by atoms with E-state index in [2.05, 4.69) is 16.7 Å². The number of methoxy groups -OCH3 is 1. The molecule has 1 aliphatic rings. The van der Waals surface area contributed by atoms with Gasteiger partial charge < -0.3 is 20.1 Å². The summed E-state index contributed by atoms with van der Waals surface area (Å²) in [5, 5.41) is 5.88. The van der Waals surface area contributed by atoms with Crippen LogP contribution in [-0.2, 0) is 10.2 Å². The van der Waals surface area contributed by atoms with Crippen LogP contribution < -0.4 is 15.4 Å². The standard InChI is InChI=1S/C17H26N2O3/c1-13(2)19-16(20)18-12-17(8-10-22-11-9-17)14-6-4-5-7-15(14)21-3/h4-7,13H,8-12H2,1-3H3,(H2,18,19,20). The molecule has 122 valence electrons. The van der Waals surface area contributed by atoms with Gasteiger partial charge in [-0.25, -0.2) is 4.79 Å². The summed E-state index contributed by atoms with van der Waals surface area (Å²) in [5.74, 6) is 0.871. The van der Waals surface area contributed by atoms with E-state index in [9.17, 15) is 4.79 Å². The summed E-state index contributed by atoms with van der Waals surface area (Å²) >= 11 is 0. The normalized spacial score (nSPS) is 17.1. The van der Waals surface area contributed by atoms with Crippen LogP contribution in [0.5, 0.6) is 5.75 Å². The number of hydrogen-bond donors (Lipinski definition) is 2. The van der Waals surface area contributed by atoms with E-state index in [1.54, 1.807) is 7.11 Å². The summed E-state index contributed by atoms with van der Waals surface area (Å²) in [6.45, 7) is 5.88. The summed E-state index contributed by atoms with van der Waals surface area (Å²) in [5.41, 5.74) is 1.00. The molecule has 2 amide bonds. The van der Waals surface area contributed by atoms with Crippen LogP contribution >= 0.6 is 0 Å². The highest BCUT2D eigenvalue weighted by molar-refractivity contribution is 5.74. The smallest absolute Gasteiger partial charge is 0.315 e. The van der Waals surface area contributed by atoms with E-state index < -0.39 is 0 Å². The van der Waals surface area contributed by atoms with E-state index in [1.165, 1.54) is 0 Å². The van der Waals surface area contributed by atoms with Crippen LogP contribution in [0.2, 0.25) is 0 Å². The minimum absolute atomic E-state index is 0.122. The van der Waals surface area contributed by atoms with Crippen molar-refractivity contribution < 1.29 is 14.3 Å². The highest BCUT2D eigenvalue weighted by atomic mass is 16.5. The number of ether oxygens (including phenoxy) is 2. The molecule has 5 heteroatoms. The Bertz CT molecular complexity index is 496. The number of hydrogen-bond acceptors (Lipinski definition) is 3. The number of amides is 2. The molecule has 2 rings (SSSR count). The summed E-state index contributed by atoms with van der Waals surface area (Å²) < 4.78 is 11.0. The van der Waals surface area contributed by atoms with E-state index >= 15 is 0 Å². The lowest BCUT2D eigenvalue weighted by Crippen LogP contribution is -2.48. The number of carbonyl (C=O) groups excluding carboxylic acids is 1. The Labute approximate surface area is 132 Å². The Balaban J connectivity index is 2.19. The third kappa shape index (κ3) is 3.91. The van der Waals surface area contributed by atoms with Crippen LogP contribution in [-0.4, -0.2) is 38.9 Å². The van der Waals surface area contributed by atoms with Gasteiger partial charge in [-0.2, -0.15) is 0 Å². The van der Waals surface area contributed by atoms with Crippen LogP contribution in [0.15, 0.2) is 24.3 Å². The highest BCUT2D eigenvalue weighted by Gasteiger charge is 2.37. The van der Waals surface area contributed by atoms with Crippen molar-refractivity contribution in [3.8, 4) is 5.75 Å². The second kappa shape index (κ2) is 7.49. The SMILES string of the molecule is COc1ccccc1C1(CNC(=O)NC(C)C)CCOCC1. The zero-order valence-electron chi connectivity index (χ0n) is 13.6. The number of para-hydroxylation sites is 1. The number of rotatable bonds is 5. The zero-order valence-corrected chi connectivity index (χ0v) is 13.6. The Kier molecular flexibility index (Phi) is 5.66. The Morgan fingerprint density at radius 2 is 2.00 bits per heavy atom. The van der Waals surface area contributed by atoms with Gasteiger partial charge >= 0.3 is 6.03 Å². The molecule has 1 heterocycles. The average Bonchev–Trinajstić information content (AvgIpc) is 2.53. The lowest BCUT2D eigenvalue weighted by atomic mass is 9.73. The maximum atomic E-state index is 11.9. The van der Waals surface area contributed by atoms with Crippen LogP contribution in [0.3, 0.4) is 0 Å². The van der Waals surface area contributed by atoms with Gasteiger partial charge in [-0.05, 0) is 32.8 Å². The molecule has 0 spiro atoms. The third-order valence-electron chi connectivity index (χ3n) is 4.14. The first-order valence-electron chi connectivity index (χ1n) is 7.83. The molecule has 0 radical (unpaired) electrons. The second-order valence-corrected chi connectivity index (χ2v) is 6.07. The molecule has 1 aromatic rings. The molecule has 1 aliphatic heterocycles. The molecular formula is C17H26N2O3. The van der Waals surface area contributed by atoms with Crippen molar-refractivity contribution in [1.82, 2.24) is 10.6 Å². The first-order valence-corrected chi connectivity index (χ1v) is 7.83. The first kappa shape index (κ1) is 16.6. The highest BCUT2D eigenvalue weighted by Crippen LogP contribution is 2.39. The Morgan fingerprint density at radius 3 is 2.64 bits per heavy atom. The minimum Gasteiger partial charge on any atom is -0.496 e. The van der Waals surface area contributed by atoms with Gasteiger partial charge in [-0.15, -0.1) is 0 Å². The van der Waals surface area contributed by atoms with Gasteiger partial charge in [0.15, 0.2) is 0 Å². The second-order valence-electron chi connectivity index (χ2n) is 6.07. The predicted octanol–water partition coefficient (Wildman–Crippen LogP) is 2.45. The average molecular weight is 306 g/mol. The fourth-order valence-corrected chi connectivity index (χ4v) is 2.95. The molecule has 0 atom stereocenters. The molecule has 0 bridgehead atoms. The first-order chi connectivity index (χ1) is 10.6. The van der Waals surface area contributed by atoms with Crippen molar-refractivity contribution in [2.75, 3.05) is 26.9 Å². The summed E-state index contributed by atoms with van der Waals surface area (Å²) in [6.07, 6.45) is 1.74. The van der Waals surface area contributed by atoms with Gasteiger partial charge in [0, 0.05) is 36.8 Å². The fraction of sp³-hybridized carbons (Fsp3) is 0.588. The largest absolute Gasteiger partial charge is 0.496 e. The number of carbonyl (C=O) groups is 1. The van der Waals surface area contributed by atoms with Crippen molar-refractivity contribution in [3.63, 3.8) is 0 Å². The van der Waals surface area contributed by atoms with Gasteiger partial charge in [0.05, 0.1) is 7.11 Å². The minimum atomic E-state index is -0.140. The topological polar surface area (TPSA) is 59.6 Å². The van der Waals surface area contributed by atoms with Crippen molar-refractivity contribution in [2.45, 2.75) is 38.1 Å². The lowest BCUT2D eigenvalue weighted by Gasteiger charge is -2.38. The molecule has 0 aliphatic carbocycles. The van der Waals surface area contributed by atoms with Crippen LogP contribution in [0.4, 0.5) is 4.79 Å². The van der Waals surface area contributed by atoms with Crippen molar-refractivity contribution >= 4 is 6.03 Å². The fourth-order valence-electron chi connectivity index (χ4n) is 2.95. The van der Waals surface area contributed by atoms with Crippen LogP contribution in [0.25, 0.3) is 0 Å². The van der Waals surface area contributed by atoms with Crippen molar-refractivity contribution in [2.24, 2.45) is 0 Å². The molecule has 0 unspecified atom stereocenters. The van der Waals surface area contributed by atoms with Gasteiger partial charge in [0.25, 0.3) is 0 Å². The van der Waals surface area contributed by atoms with E-state index in [0.29, 0.717) is 19.8 Å². The van der Waals surface area contributed by atoms with Gasteiger partial charge in [0.1, 0.15) is 5.75 Å². The molecule has 1 aromatic carbocycles. The zero-order chi connectivity index (χ0) is 16.0. The van der Waals surface area contributed by atoms with Crippen molar-refractivity contribution in [1.29, 1.82) is 0 Å². The van der Waals surface area contributed by atoms with Gasteiger partial charge in [-0.1, -0.05) is 18.2 Å². The van der Waals surface area contributed by atoms with Gasteiger partial charge in [0.2, 0.25) is 0 Å². The predicted molar refractivity (Wildman–Crippen MR) is 86.4 cm³/mol. The number of urea groups is 1. The van der Waals surface area contributed by atoms with E-state index in [0.717, 1.165) is 24.2 Å². The van der Waals surface area contributed by atoms with E-state index in [4.69, 9.17) is 9.47 Å². The molecular weight excluding hydrogens is 280 g/mol. The summed E-state index contributed by atoms with van der Waals surface area (Å²) in [7, 11) is 1.69. The molecule has 0 saturated carbocycles.